The molecule has 0 spiro atoms. The molecule has 0 radical (unpaired) electrons. The highest BCUT2D eigenvalue weighted by atomic mass is 31.2. The summed E-state index contributed by atoms with van der Waals surface area (Å²) >= 11 is 0. The molecule has 0 saturated heterocycles. The summed E-state index contributed by atoms with van der Waals surface area (Å²) in [5.41, 5.74) is 0. The van der Waals surface area contributed by atoms with Crippen molar-refractivity contribution in [2.24, 2.45) is 11.8 Å². The summed E-state index contributed by atoms with van der Waals surface area (Å²) in [5, 5.41) is 10.7. The van der Waals surface area contributed by atoms with Crippen LogP contribution in [0.25, 0.3) is 0 Å². The zero-order valence-electron chi connectivity index (χ0n) is 69.0. The average molecular weight is 1540 g/mol. The van der Waals surface area contributed by atoms with Crippen molar-refractivity contribution in [3.05, 3.63) is 0 Å². The Bertz CT molecular complexity index is 2010. The summed E-state index contributed by atoms with van der Waals surface area (Å²) in [4.78, 5) is 73.1. The number of ether oxygens (including phenoxy) is 4. The monoisotopic (exact) mass is 1540 g/mol. The number of carbonyl (C=O) groups excluding carboxylic acids is 4. The average Bonchev–Trinajstić information content (AvgIpc) is 0.912. The van der Waals surface area contributed by atoms with Crippen LogP contribution in [0.2, 0.25) is 0 Å². The predicted octanol–water partition coefficient (Wildman–Crippen LogP) is 26.2. The lowest BCUT2D eigenvalue weighted by Crippen LogP contribution is -2.30. The molecule has 3 N–H and O–H groups in total. The number of hydrogen-bond donors (Lipinski definition) is 3. The van der Waals surface area contributed by atoms with Gasteiger partial charge in [0.1, 0.15) is 19.3 Å². The number of carbonyl (C=O) groups is 4. The van der Waals surface area contributed by atoms with Crippen LogP contribution in [0.4, 0.5) is 0 Å². The van der Waals surface area contributed by atoms with Crippen molar-refractivity contribution < 1.29 is 80.2 Å². The van der Waals surface area contributed by atoms with Gasteiger partial charge in [0.25, 0.3) is 0 Å². The lowest BCUT2D eigenvalue weighted by atomic mass is 9.99. The topological polar surface area (TPSA) is 237 Å². The van der Waals surface area contributed by atoms with Gasteiger partial charge in [-0.3, -0.25) is 37.3 Å². The number of phosphoric ester groups is 2. The lowest BCUT2D eigenvalue weighted by molar-refractivity contribution is -0.161. The van der Waals surface area contributed by atoms with E-state index in [4.69, 9.17) is 37.0 Å². The van der Waals surface area contributed by atoms with E-state index >= 15 is 0 Å². The van der Waals surface area contributed by atoms with Gasteiger partial charge >= 0.3 is 39.5 Å². The lowest BCUT2D eigenvalue weighted by Gasteiger charge is -2.21. The second-order valence-electron chi connectivity index (χ2n) is 31.6. The molecule has 17 nitrogen and oxygen atoms in total. The first kappa shape index (κ1) is 103. The van der Waals surface area contributed by atoms with Gasteiger partial charge in [0.2, 0.25) is 0 Å². The van der Waals surface area contributed by atoms with Gasteiger partial charge in [0.05, 0.1) is 26.4 Å². The fraction of sp³-hybridized carbons (Fsp3) is 0.953. The van der Waals surface area contributed by atoms with E-state index in [1.165, 1.54) is 270 Å². The van der Waals surface area contributed by atoms with Gasteiger partial charge in [-0.25, -0.2) is 9.13 Å². The molecule has 0 aromatic carbocycles. The molecule has 0 aromatic heterocycles. The van der Waals surface area contributed by atoms with Gasteiger partial charge in [-0.2, -0.15) is 0 Å². The third-order valence-corrected chi connectivity index (χ3v) is 22.5. The molecule has 0 aliphatic heterocycles. The van der Waals surface area contributed by atoms with Crippen LogP contribution in [0.15, 0.2) is 0 Å². The van der Waals surface area contributed by atoms with E-state index in [1.807, 2.05) is 0 Å². The van der Waals surface area contributed by atoms with Crippen LogP contribution in [0, 0.1) is 11.8 Å². The predicted molar refractivity (Wildman–Crippen MR) is 432 cm³/mol. The molecule has 0 fully saturated rings. The second kappa shape index (κ2) is 77.4. The smallest absolute Gasteiger partial charge is 0.462 e. The normalized spacial score (nSPS) is 14.1. The molecule has 624 valence electrons. The van der Waals surface area contributed by atoms with Crippen molar-refractivity contribution in [1.29, 1.82) is 0 Å². The van der Waals surface area contributed by atoms with Gasteiger partial charge in [-0.1, -0.05) is 408 Å². The van der Waals surface area contributed by atoms with Crippen molar-refractivity contribution >= 4 is 39.5 Å². The van der Waals surface area contributed by atoms with Crippen LogP contribution < -0.4 is 0 Å². The Hall–Kier alpha value is -1.94. The van der Waals surface area contributed by atoms with Crippen LogP contribution >= 0.6 is 15.6 Å². The van der Waals surface area contributed by atoms with Crippen molar-refractivity contribution in [3.63, 3.8) is 0 Å². The van der Waals surface area contributed by atoms with Crippen molar-refractivity contribution in [1.82, 2.24) is 0 Å². The number of rotatable bonds is 85. The summed E-state index contributed by atoms with van der Waals surface area (Å²) in [6, 6.07) is 0. The van der Waals surface area contributed by atoms with Crippen molar-refractivity contribution in [2.75, 3.05) is 39.6 Å². The number of esters is 4. The van der Waals surface area contributed by atoms with E-state index in [-0.39, 0.29) is 25.7 Å². The zero-order valence-corrected chi connectivity index (χ0v) is 70.8. The van der Waals surface area contributed by atoms with E-state index in [1.54, 1.807) is 0 Å². The van der Waals surface area contributed by atoms with Crippen molar-refractivity contribution in [2.45, 2.75) is 477 Å². The number of aliphatic hydroxyl groups is 1. The summed E-state index contributed by atoms with van der Waals surface area (Å²) in [7, 11) is -9.93. The minimum Gasteiger partial charge on any atom is -0.462 e. The minimum atomic E-state index is -4.97. The Morgan fingerprint density at radius 2 is 0.486 bits per heavy atom. The standard InChI is InChI=1S/C86H168O17P2/c1-7-10-12-14-16-18-20-22-24-26-28-30-32-34-36-38-40-45-49-56-62-68-83(88)96-74-81(102-85(90)70-64-58-50-46-41-39-37-35-33-31-29-27-25-23-21-19-17-15-13-11-8-2)76-100-104(92,93)98-72-80(87)73-99-105(94,95)101-77-82(75-97-84(89)69-63-57-53-52-54-60-66-78(4)5)103-86(91)71-65-59-51-47-43-42-44-48-55-61-67-79(6)9-3/h78-82,87H,7-77H2,1-6H3,(H,92,93)(H,94,95)/t79?,80-,81-,82-/m1/s1. The van der Waals surface area contributed by atoms with Gasteiger partial charge in [-0.05, 0) is 37.5 Å². The molecule has 0 aliphatic carbocycles. The quantitative estimate of drug-likeness (QED) is 0.0222. The van der Waals surface area contributed by atoms with Crippen LogP contribution in [0.3, 0.4) is 0 Å². The fourth-order valence-corrected chi connectivity index (χ4v) is 15.0. The molecule has 0 amide bonds. The number of hydrogen-bond acceptors (Lipinski definition) is 15. The summed E-state index contributed by atoms with van der Waals surface area (Å²) in [6.07, 6.45) is 69.8. The molecule has 0 heterocycles. The molecule has 0 aliphatic rings. The van der Waals surface area contributed by atoms with Crippen LogP contribution in [0.5, 0.6) is 0 Å². The van der Waals surface area contributed by atoms with Crippen LogP contribution in [-0.4, -0.2) is 96.7 Å². The minimum absolute atomic E-state index is 0.106. The highest BCUT2D eigenvalue weighted by molar-refractivity contribution is 7.47. The summed E-state index contributed by atoms with van der Waals surface area (Å²) < 4.78 is 68.8. The Morgan fingerprint density at radius 3 is 0.724 bits per heavy atom. The highest BCUT2D eigenvalue weighted by Crippen LogP contribution is 2.45. The Balaban J connectivity index is 5.20. The van der Waals surface area contributed by atoms with Gasteiger partial charge in [-0.15, -0.1) is 0 Å². The molecule has 0 aromatic rings. The third-order valence-electron chi connectivity index (χ3n) is 20.6. The molecule has 0 rings (SSSR count). The largest absolute Gasteiger partial charge is 0.472 e. The first-order valence-electron chi connectivity index (χ1n) is 44.5. The van der Waals surface area contributed by atoms with E-state index < -0.39 is 97.5 Å². The number of aliphatic hydroxyl groups excluding tert-OH is 1. The SMILES string of the molecule is CCCCCCCCCCCCCCCCCCCCCCCC(=O)OC[C@H](COP(=O)(O)OC[C@@H](O)COP(=O)(O)OC[C@@H](COC(=O)CCCCCCCCC(C)C)OC(=O)CCCCCCCCCCCCC(C)CC)OC(=O)CCCCCCCCCCCCCCCCCCCCCCC. The van der Waals surface area contributed by atoms with E-state index in [9.17, 15) is 43.2 Å². The summed E-state index contributed by atoms with van der Waals surface area (Å²) in [6.45, 7) is 9.60. The van der Waals surface area contributed by atoms with E-state index in [2.05, 4.69) is 41.5 Å². The summed E-state index contributed by atoms with van der Waals surface area (Å²) in [5.74, 6) is -0.625. The number of unbranched alkanes of at least 4 members (excludes halogenated alkanes) is 54. The maximum Gasteiger partial charge on any atom is 0.472 e. The van der Waals surface area contributed by atoms with E-state index in [0.717, 1.165) is 102 Å². The fourth-order valence-electron chi connectivity index (χ4n) is 13.4. The molecule has 3 unspecified atom stereocenters. The molecule has 0 bridgehead atoms. The van der Waals surface area contributed by atoms with Crippen LogP contribution in [0.1, 0.15) is 459 Å². The Morgan fingerprint density at radius 1 is 0.276 bits per heavy atom. The molecule has 105 heavy (non-hydrogen) atoms. The first-order chi connectivity index (χ1) is 50.9. The van der Waals surface area contributed by atoms with Gasteiger partial charge < -0.3 is 33.8 Å². The molecule has 0 saturated carbocycles. The zero-order chi connectivity index (χ0) is 77.1. The third kappa shape index (κ3) is 78.5. The Kier molecular flexibility index (Phi) is 76.0. The van der Waals surface area contributed by atoms with Gasteiger partial charge in [0.15, 0.2) is 12.2 Å². The van der Waals surface area contributed by atoms with Crippen molar-refractivity contribution in [3.8, 4) is 0 Å². The Labute approximate surface area is 645 Å². The first-order valence-corrected chi connectivity index (χ1v) is 47.5. The molecular weight excluding hydrogens is 1370 g/mol. The van der Waals surface area contributed by atoms with Crippen LogP contribution in [-0.2, 0) is 65.4 Å². The maximum atomic E-state index is 13.1. The molecule has 19 heteroatoms. The highest BCUT2D eigenvalue weighted by Gasteiger charge is 2.30. The maximum absolute atomic E-state index is 13.1. The van der Waals surface area contributed by atoms with E-state index in [0.29, 0.717) is 31.6 Å². The van der Waals surface area contributed by atoms with Gasteiger partial charge in [0, 0.05) is 25.7 Å². The second-order valence-corrected chi connectivity index (χ2v) is 34.6. The number of phosphoric acid groups is 2. The molecular formula is C86H168O17P2. The molecule has 6 atom stereocenters.